The van der Waals surface area contributed by atoms with Gasteiger partial charge in [-0.2, -0.15) is 0 Å². The predicted molar refractivity (Wildman–Crippen MR) is 156 cm³/mol. The van der Waals surface area contributed by atoms with Gasteiger partial charge in [-0.05, 0) is 82.9 Å². The number of benzene rings is 1. The summed E-state index contributed by atoms with van der Waals surface area (Å²) in [6.07, 6.45) is 2.96. The number of phenols is 1. The number of alkyl carbamates (subject to hydrolysis) is 1. The van der Waals surface area contributed by atoms with Gasteiger partial charge in [-0.15, -0.1) is 11.8 Å². The van der Waals surface area contributed by atoms with E-state index >= 15 is 0 Å². The highest BCUT2D eigenvalue weighted by atomic mass is 32.2. The molecule has 2 aromatic rings. The van der Waals surface area contributed by atoms with Crippen LogP contribution in [0.15, 0.2) is 60.1 Å². The van der Waals surface area contributed by atoms with Crippen LogP contribution in [0.25, 0.3) is 0 Å². The quantitative estimate of drug-likeness (QED) is 0.322. The zero-order valence-electron chi connectivity index (χ0n) is 24.5. The molecule has 0 spiro atoms. The minimum atomic E-state index is -1.21. The van der Waals surface area contributed by atoms with Crippen molar-refractivity contribution in [3.05, 3.63) is 71.2 Å². The summed E-state index contributed by atoms with van der Waals surface area (Å²) in [7, 11) is 0. The molecule has 1 aromatic heterocycles. The summed E-state index contributed by atoms with van der Waals surface area (Å²) in [6.45, 7) is 10.4. The predicted octanol–water partition coefficient (Wildman–Crippen LogP) is 3.59. The van der Waals surface area contributed by atoms with Crippen molar-refractivity contribution in [1.82, 2.24) is 20.5 Å². The molecular formula is C30H36N4O7S. The van der Waals surface area contributed by atoms with Crippen molar-refractivity contribution in [3.8, 4) is 5.75 Å². The van der Waals surface area contributed by atoms with Gasteiger partial charge in [0.15, 0.2) is 0 Å². The Morgan fingerprint density at radius 3 is 2.33 bits per heavy atom. The molecule has 2 unspecified atom stereocenters. The Hall–Kier alpha value is -4.06. The summed E-state index contributed by atoms with van der Waals surface area (Å²) < 4.78 is 11.0. The first-order valence-corrected chi connectivity index (χ1v) is 14.6. The van der Waals surface area contributed by atoms with Gasteiger partial charge in [-0.3, -0.25) is 19.5 Å². The van der Waals surface area contributed by atoms with Gasteiger partial charge in [0, 0.05) is 18.1 Å². The lowest BCUT2D eigenvalue weighted by molar-refractivity contribution is -0.159. The number of fused-ring (bicyclic) bond motifs is 1. The third-order valence-electron chi connectivity index (χ3n) is 6.23. The first kappa shape index (κ1) is 30.9. The van der Waals surface area contributed by atoms with E-state index in [9.17, 15) is 24.3 Å². The fourth-order valence-corrected chi connectivity index (χ4v) is 5.86. The minimum absolute atomic E-state index is 0.0119. The van der Waals surface area contributed by atoms with E-state index in [2.05, 4.69) is 15.6 Å². The van der Waals surface area contributed by atoms with Crippen LogP contribution in [0.1, 0.15) is 58.7 Å². The van der Waals surface area contributed by atoms with Crippen molar-refractivity contribution in [3.63, 3.8) is 0 Å². The number of nitrogens with zero attached hydrogens (tertiary/aromatic N) is 2. The van der Waals surface area contributed by atoms with Crippen LogP contribution in [0.3, 0.4) is 0 Å². The van der Waals surface area contributed by atoms with Crippen LogP contribution < -0.4 is 10.6 Å². The third kappa shape index (κ3) is 7.41. The van der Waals surface area contributed by atoms with E-state index in [4.69, 9.17) is 9.47 Å². The van der Waals surface area contributed by atoms with Gasteiger partial charge in [0.1, 0.15) is 40.1 Å². The number of hydrogen-bond acceptors (Lipinski definition) is 9. The lowest BCUT2D eigenvalue weighted by atomic mass is 9.98. The first-order valence-electron chi connectivity index (χ1n) is 13.5. The number of phenolic OH excluding ortho intramolecular Hbond substituents is 1. The van der Waals surface area contributed by atoms with Crippen LogP contribution in [0.5, 0.6) is 5.75 Å². The average Bonchev–Trinajstić information content (AvgIpc) is 2.89. The fraction of sp³-hybridized carbons (Fsp3) is 0.433. The molecule has 0 bridgehead atoms. The average molecular weight is 597 g/mol. The zero-order chi connectivity index (χ0) is 30.8. The summed E-state index contributed by atoms with van der Waals surface area (Å²) >= 11 is 1.42. The molecule has 1 aromatic carbocycles. The number of pyridine rings is 1. The van der Waals surface area contributed by atoms with Gasteiger partial charge in [-0.1, -0.05) is 18.2 Å². The molecule has 0 saturated carbocycles. The molecule has 224 valence electrons. The van der Waals surface area contributed by atoms with Crippen molar-refractivity contribution in [1.29, 1.82) is 0 Å². The highest BCUT2D eigenvalue weighted by molar-refractivity contribution is 8.00. The van der Waals surface area contributed by atoms with E-state index in [1.807, 2.05) is 6.07 Å². The second-order valence-electron chi connectivity index (χ2n) is 12.1. The molecule has 3 amide bonds. The van der Waals surface area contributed by atoms with Crippen molar-refractivity contribution >= 4 is 35.6 Å². The van der Waals surface area contributed by atoms with Crippen molar-refractivity contribution in [2.45, 2.75) is 76.6 Å². The van der Waals surface area contributed by atoms with Gasteiger partial charge in [0.05, 0.1) is 0 Å². The number of esters is 1. The second kappa shape index (κ2) is 12.0. The molecule has 0 radical (unpaired) electrons. The monoisotopic (exact) mass is 596 g/mol. The topological polar surface area (TPSA) is 147 Å². The Bertz CT molecular complexity index is 1380. The van der Waals surface area contributed by atoms with Gasteiger partial charge in [0.25, 0.3) is 5.91 Å². The lowest BCUT2D eigenvalue weighted by Gasteiger charge is -2.50. The first-order chi connectivity index (χ1) is 19.6. The van der Waals surface area contributed by atoms with E-state index < -0.39 is 52.5 Å². The smallest absolute Gasteiger partial charge is 0.408 e. The maximum atomic E-state index is 13.5. The summed E-state index contributed by atoms with van der Waals surface area (Å²) in [5.74, 6) is -1.30. The lowest BCUT2D eigenvalue weighted by Crippen LogP contribution is -2.71. The summed E-state index contributed by atoms with van der Waals surface area (Å²) in [5, 5.41) is 14.5. The van der Waals surface area contributed by atoms with Gasteiger partial charge in [-0.25, -0.2) is 9.59 Å². The van der Waals surface area contributed by atoms with Gasteiger partial charge >= 0.3 is 12.1 Å². The number of thioether (sulfide) groups is 1. The Morgan fingerprint density at radius 1 is 1.07 bits per heavy atom. The van der Waals surface area contributed by atoms with E-state index in [-0.39, 0.29) is 11.4 Å². The number of aromatic hydroxyl groups is 1. The van der Waals surface area contributed by atoms with Gasteiger partial charge in [0.2, 0.25) is 5.91 Å². The molecule has 1 saturated heterocycles. The number of β-lactam (4-membered cyclic amide) rings is 1. The molecule has 1 fully saturated rings. The van der Waals surface area contributed by atoms with E-state index in [1.165, 1.54) is 40.9 Å². The number of hydrogen-bond donors (Lipinski definition) is 3. The summed E-state index contributed by atoms with van der Waals surface area (Å²) in [4.78, 5) is 58.5. The third-order valence-corrected chi connectivity index (χ3v) is 7.57. The number of ether oxygens (including phenoxy) is 2. The zero-order valence-corrected chi connectivity index (χ0v) is 25.3. The largest absolute Gasteiger partial charge is 0.508 e. The summed E-state index contributed by atoms with van der Waals surface area (Å²) in [5.41, 5.74) is 0.580. The van der Waals surface area contributed by atoms with Crippen LogP contribution in [0.2, 0.25) is 0 Å². The molecular weight excluding hydrogens is 560 g/mol. The fourth-order valence-electron chi connectivity index (χ4n) is 4.51. The molecule has 12 heteroatoms. The maximum absolute atomic E-state index is 13.5. The van der Waals surface area contributed by atoms with E-state index in [0.717, 1.165) is 11.1 Å². The van der Waals surface area contributed by atoms with Crippen LogP contribution in [-0.2, 0) is 30.3 Å². The number of carbonyl (C=O) groups is 4. The number of carbonyl (C=O) groups excluding carboxylic acids is 4. The number of amides is 3. The molecule has 3 heterocycles. The standard InChI is InChI=1S/C30H36N4O7S/c1-29(2,3)40-27(38)23-19(14-17-8-7-13-31-15-17)16-42-26-22(25(37)34(23)26)32-24(36)21(18-9-11-20(35)12-10-18)33-28(39)41-30(4,5)6/h7-13,15,21-22,26,35H,14,16H2,1-6H3,(H,32,36)(H,33,39)/t21?,22?,26-/m1/s1. The Labute approximate surface area is 249 Å². The highest BCUT2D eigenvalue weighted by Gasteiger charge is 2.55. The highest BCUT2D eigenvalue weighted by Crippen LogP contribution is 2.42. The number of nitrogens with one attached hydrogen (secondary N) is 2. The molecule has 42 heavy (non-hydrogen) atoms. The normalized spacial score (nSPS) is 19.3. The summed E-state index contributed by atoms with van der Waals surface area (Å²) in [6, 6.07) is 7.31. The molecule has 2 aliphatic heterocycles. The van der Waals surface area contributed by atoms with Crippen molar-refractivity contribution < 1.29 is 33.8 Å². The van der Waals surface area contributed by atoms with Crippen LogP contribution in [0, 0.1) is 0 Å². The number of aromatic nitrogens is 1. The maximum Gasteiger partial charge on any atom is 0.408 e. The Morgan fingerprint density at radius 2 is 1.74 bits per heavy atom. The van der Waals surface area contributed by atoms with Gasteiger partial charge < -0.3 is 25.2 Å². The molecule has 0 aliphatic carbocycles. The van der Waals surface area contributed by atoms with Crippen LogP contribution >= 0.6 is 11.8 Å². The van der Waals surface area contributed by atoms with E-state index in [1.54, 1.807) is 60.0 Å². The molecule has 2 aliphatic rings. The van der Waals surface area contributed by atoms with Crippen molar-refractivity contribution in [2.75, 3.05) is 5.75 Å². The molecule has 3 atom stereocenters. The number of rotatable bonds is 7. The SMILES string of the molecule is CC(C)(C)OC(=O)NC(C(=O)NC1C(=O)N2C(C(=O)OC(C)(C)C)=C(Cc3cccnc3)CS[C@H]12)c1ccc(O)cc1. The molecule has 4 rings (SSSR count). The Balaban J connectivity index is 1.57. The van der Waals surface area contributed by atoms with Crippen molar-refractivity contribution in [2.24, 2.45) is 0 Å². The van der Waals surface area contributed by atoms with Crippen LogP contribution in [0.4, 0.5) is 4.79 Å². The molecule has 11 nitrogen and oxygen atoms in total. The Kier molecular flexibility index (Phi) is 8.86. The molecule has 3 N–H and O–H groups in total. The second-order valence-corrected chi connectivity index (χ2v) is 13.2. The minimum Gasteiger partial charge on any atom is -0.508 e. The van der Waals surface area contributed by atoms with E-state index in [0.29, 0.717) is 17.7 Å². The van der Waals surface area contributed by atoms with Crippen LogP contribution in [-0.4, -0.2) is 67.2 Å².